The molecule has 0 amide bonds. The Bertz CT molecular complexity index is 161. The molecule has 0 atom stereocenters. The van der Waals surface area contributed by atoms with Gasteiger partial charge in [-0.15, -0.1) is 0 Å². The molecular weight excluding hydrogens is 150 g/mol. The molecule has 0 bridgehead atoms. The van der Waals surface area contributed by atoms with Gasteiger partial charge < -0.3 is 4.90 Å². The highest BCUT2D eigenvalue weighted by Gasteiger charge is 2.40. The molecule has 0 radical (unpaired) electrons. The van der Waals surface area contributed by atoms with E-state index >= 15 is 0 Å². The van der Waals surface area contributed by atoms with Crippen molar-refractivity contribution in [2.45, 2.75) is 31.2 Å². The smallest absolute Gasteiger partial charge is 0.0376 e. The maximum absolute atomic E-state index is 6.00. The minimum Gasteiger partial charge on any atom is -0.306 e. The van der Waals surface area contributed by atoms with E-state index < -0.39 is 0 Å². The largest absolute Gasteiger partial charge is 0.306 e. The van der Waals surface area contributed by atoms with E-state index in [1.54, 1.807) is 0 Å². The van der Waals surface area contributed by atoms with E-state index in [9.17, 15) is 0 Å². The molecule has 2 rings (SSSR count). The molecule has 70 valence electrons. The fourth-order valence-electron chi connectivity index (χ4n) is 2.53. The Morgan fingerprint density at radius 3 is 2.25 bits per heavy atom. The van der Waals surface area contributed by atoms with E-state index in [-0.39, 0.29) is 0 Å². The van der Waals surface area contributed by atoms with Crippen molar-refractivity contribution in [3.63, 3.8) is 0 Å². The van der Waals surface area contributed by atoms with Crippen LogP contribution in [-0.4, -0.2) is 42.1 Å². The van der Waals surface area contributed by atoms with Gasteiger partial charge >= 0.3 is 0 Å². The number of hydrogen-bond donors (Lipinski definition) is 1. The first-order valence-electron chi connectivity index (χ1n) is 4.94. The van der Waals surface area contributed by atoms with Gasteiger partial charge in [0, 0.05) is 12.1 Å². The van der Waals surface area contributed by atoms with Gasteiger partial charge in [-0.2, -0.15) is 0 Å². The molecule has 3 nitrogen and oxygen atoms in total. The molecule has 0 unspecified atom stereocenters. The first-order chi connectivity index (χ1) is 5.73. The van der Waals surface area contributed by atoms with E-state index in [0.29, 0.717) is 5.54 Å². The molecule has 1 spiro atoms. The van der Waals surface area contributed by atoms with Gasteiger partial charge in [-0.25, -0.2) is 5.01 Å². The van der Waals surface area contributed by atoms with Crippen LogP contribution in [0.1, 0.15) is 25.7 Å². The van der Waals surface area contributed by atoms with Crippen LogP contribution in [0.15, 0.2) is 0 Å². The van der Waals surface area contributed by atoms with Crippen molar-refractivity contribution in [2.24, 2.45) is 5.84 Å². The second-order valence-corrected chi connectivity index (χ2v) is 4.32. The van der Waals surface area contributed by atoms with Crippen LogP contribution >= 0.6 is 0 Å². The lowest BCUT2D eigenvalue weighted by molar-refractivity contribution is 0.0626. The van der Waals surface area contributed by atoms with E-state index in [0.717, 1.165) is 6.54 Å². The van der Waals surface area contributed by atoms with Crippen molar-refractivity contribution in [1.29, 1.82) is 0 Å². The second kappa shape index (κ2) is 2.98. The predicted molar refractivity (Wildman–Crippen MR) is 49.6 cm³/mol. The van der Waals surface area contributed by atoms with Gasteiger partial charge in [0.1, 0.15) is 0 Å². The zero-order chi connectivity index (χ0) is 8.60. The Morgan fingerprint density at radius 2 is 1.75 bits per heavy atom. The summed E-state index contributed by atoms with van der Waals surface area (Å²) >= 11 is 0. The van der Waals surface area contributed by atoms with Crippen molar-refractivity contribution in [2.75, 3.05) is 26.7 Å². The Kier molecular flexibility index (Phi) is 2.10. The van der Waals surface area contributed by atoms with Crippen LogP contribution in [0.3, 0.4) is 0 Å². The molecule has 0 aliphatic carbocycles. The molecule has 0 aromatic rings. The highest BCUT2D eigenvalue weighted by atomic mass is 15.5. The highest BCUT2D eigenvalue weighted by Crippen LogP contribution is 2.35. The number of likely N-dealkylation sites (tertiary alicyclic amines) is 1. The van der Waals surface area contributed by atoms with Crippen LogP contribution in [-0.2, 0) is 0 Å². The molecule has 0 aromatic heterocycles. The van der Waals surface area contributed by atoms with Gasteiger partial charge in [0.05, 0.1) is 0 Å². The highest BCUT2D eigenvalue weighted by molar-refractivity contribution is 4.96. The van der Waals surface area contributed by atoms with Crippen molar-refractivity contribution in [3.8, 4) is 0 Å². The Morgan fingerprint density at radius 1 is 1.08 bits per heavy atom. The number of hydrazine groups is 1. The molecule has 2 saturated heterocycles. The van der Waals surface area contributed by atoms with Gasteiger partial charge in [-0.1, -0.05) is 0 Å². The average molecular weight is 169 g/mol. The lowest BCUT2D eigenvalue weighted by atomic mass is 9.86. The topological polar surface area (TPSA) is 32.5 Å². The van der Waals surface area contributed by atoms with Crippen LogP contribution in [0.25, 0.3) is 0 Å². The maximum Gasteiger partial charge on any atom is 0.0376 e. The minimum atomic E-state index is 0.381. The maximum atomic E-state index is 6.00. The van der Waals surface area contributed by atoms with Crippen LogP contribution in [0, 0.1) is 0 Å². The van der Waals surface area contributed by atoms with Gasteiger partial charge in [-0.05, 0) is 45.8 Å². The molecule has 2 aliphatic heterocycles. The quantitative estimate of drug-likeness (QED) is 0.533. The van der Waals surface area contributed by atoms with Gasteiger partial charge in [-0.3, -0.25) is 5.84 Å². The second-order valence-electron chi connectivity index (χ2n) is 4.32. The van der Waals surface area contributed by atoms with Crippen LogP contribution in [0.4, 0.5) is 0 Å². The third-order valence-corrected chi connectivity index (χ3v) is 3.57. The first-order valence-corrected chi connectivity index (χ1v) is 4.94. The summed E-state index contributed by atoms with van der Waals surface area (Å²) in [5.74, 6) is 6.00. The van der Waals surface area contributed by atoms with Crippen LogP contribution < -0.4 is 5.84 Å². The van der Waals surface area contributed by atoms with Gasteiger partial charge in [0.25, 0.3) is 0 Å². The standard InChI is InChI=1S/C9H19N3/c1-11-7-4-9(5-8-11)3-2-6-12(9)10/h2-8,10H2,1H3. The lowest BCUT2D eigenvalue weighted by Gasteiger charge is -2.42. The predicted octanol–water partition coefficient (Wildman–Crippen LogP) is 0.420. The molecule has 2 fully saturated rings. The fourth-order valence-corrected chi connectivity index (χ4v) is 2.53. The third kappa shape index (κ3) is 1.26. The summed E-state index contributed by atoms with van der Waals surface area (Å²) in [5.41, 5.74) is 0.381. The van der Waals surface area contributed by atoms with Crippen LogP contribution in [0.5, 0.6) is 0 Å². The molecule has 2 aliphatic rings. The number of nitrogens with zero attached hydrogens (tertiary/aromatic N) is 2. The average Bonchev–Trinajstić information content (AvgIpc) is 2.41. The summed E-state index contributed by atoms with van der Waals surface area (Å²) in [6.45, 7) is 3.53. The molecule has 0 aromatic carbocycles. The molecule has 3 heteroatoms. The van der Waals surface area contributed by atoms with Crippen LogP contribution in [0.2, 0.25) is 0 Å². The monoisotopic (exact) mass is 169 g/mol. The summed E-state index contributed by atoms with van der Waals surface area (Å²) in [5, 5.41) is 2.10. The summed E-state index contributed by atoms with van der Waals surface area (Å²) in [7, 11) is 2.20. The zero-order valence-electron chi connectivity index (χ0n) is 7.92. The molecule has 12 heavy (non-hydrogen) atoms. The number of piperidine rings is 1. The van der Waals surface area contributed by atoms with Crippen molar-refractivity contribution in [1.82, 2.24) is 9.91 Å². The fraction of sp³-hybridized carbons (Fsp3) is 1.00. The summed E-state index contributed by atoms with van der Waals surface area (Å²) < 4.78 is 0. The Hall–Kier alpha value is -0.120. The van der Waals surface area contributed by atoms with E-state index in [1.807, 2.05) is 0 Å². The summed E-state index contributed by atoms with van der Waals surface area (Å²) in [6.07, 6.45) is 5.14. The third-order valence-electron chi connectivity index (χ3n) is 3.57. The number of hydrogen-bond acceptors (Lipinski definition) is 3. The molecule has 0 saturated carbocycles. The van der Waals surface area contributed by atoms with E-state index in [2.05, 4.69) is 17.0 Å². The van der Waals surface area contributed by atoms with Gasteiger partial charge in [0.15, 0.2) is 0 Å². The molecular formula is C9H19N3. The van der Waals surface area contributed by atoms with Crippen molar-refractivity contribution in [3.05, 3.63) is 0 Å². The van der Waals surface area contributed by atoms with Gasteiger partial charge in [0.2, 0.25) is 0 Å². The molecule has 2 heterocycles. The summed E-state index contributed by atoms with van der Waals surface area (Å²) in [6, 6.07) is 0. The zero-order valence-corrected chi connectivity index (χ0v) is 7.92. The van der Waals surface area contributed by atoms with Crippen molar-refractivity contribution < 1.29 is 0 Å². The molecule has 2 N–H and O–H groups in total. The normalized spacial score (nSPS) is 31.5. The lowest BCUT2D eigenvalue weighted by Crippen LogP contribution is -2.54. The first kappa shape index (κ1) is 8.48. The SMILES string of the molecule is CN1CCC2(CCCN2N)CC1. The minimum absolute atomic E-state index is 0.381. The van der Waals surface area contributed by atoms with E-state index in [4.69, 9.17) is 5.84 Å². The summed E-state index contributed by atoms with van der Waals surface area (Å²) in [4.78, 5) is 2.40. The van der Waals surface area contributed by atoms with Crippen molar-refractivity contribution >= 4 is 0 Å². The van der Waals surface area contributed by atoms with E-state index in [1.165, 1.54) is 38.8 Å². The Balaban J connectivity index is 2.02. The number of rotatable bonds is 0. The number of nitrogens with two attached hydrogens (primary N) is 1. The Labute approximate surface area is 74.5 Å².